The summed E-state index contributed by atoms with van der Waals surface area (Å²) in [6, 6.07) is 0. The first-order valence-corrected chi connectivity index (χ1v) is 9.18. The standard InChI is InChI=1S/C22H26O/c1-3-4-5-16-7-11-21-20-9-6-15-14-17(23)8-10-18(15)19(20)12-13-22(16,21)2/h7,14,20-21H,5-6,8-13H2,1-2H3/t20-,21+,22-/m1/s1. The van der Waals surface area contributed by atoms with Gasteiger partial charge in [0.05, 0.1) is 0 Å². The maximum atomic E-state index is 11.7. The molecule has 23 heavy (non-hydrogen) atoms. The molecule has 4 aliphatic rings. The van der Waals surface area contributed by atoms with Gasteiger partial charge in [-0.05, 0) is 79.9 Å². The van der Waals surface area contributed by atoms with Crippen molar-refractivity contribution in [2.45, 2.75) is 65.2 Å². The fraction of sp³-hybridized carbons (Fsp3) is 0.591. The van der Waals surface area contributed by atoms with Gasteiger partial charge in [0, 0.05) is 12.8 Å². The largest absolute Gasteiger partial charge is 0.295 e. The first-order chi connectivity index (χ1) is 11.1. The first kappa shape index (κ1) is 15.0. The minimum atomic E-state index is 0.339. The molecule has 120 valence electrons. The molecule has 1 heteroatoms. The molecule has 0 saturated heterocycles. The number of carbonyl (C=O) groups excluding carboxylic acids is 1. The molecule has 0 amide bonds. The third-order valence-corrected chi connectivity index (χ3v) is 6.93. The van der Waals surface area contributed by atoms with Gasteiger partial charge in [0.1, 0.15) is 0 Å². The van der Waals surface area contributed by atoms with Crippen molar-refractivity contribution in [3.05, 3.63) is 34.4 Å². The van der Waals surface area contributed by atoms with Crippen LogP contribution >= 0.6 is 0 Å². The molecule has 4 aliphatic carbocycles. The molecule has 1 saturated carbocycles. The number of fused-ring (bicyclic) bond motifs is 4. The Hall–Kier alpha value is -1.55. The Morgan fingerprint density at radius 1 is 1.26 bits per heavy atom. The Morgan fingerprint density at radius 2 is 2.13 bits per heavy atom. The second-order valence-electron chi connectivity index (χ2n) is 7.88. The van der Waals surface area contributed by atoms with Crippen molar-refractivity contribution in [2.24, 2.45) is 17.3 Å². The van der Waals surface area contributed by atoms with Crippen molar-refractivity contribution >= 4 is 5.78 Å². The Labute approximate surface area is 139 Å². The van der Waals surface area contributed by atoms with E-state index in [1.807, 2.05) is 13.0 Å². The molecule has 0 spiro atoms. The molecule has 0 aromatic carbocycles. The van der Waals surface area contributed by atoms with Crippen LogP contribution in [-0.2, 0) is 4.79 Å². The molecule has 0 N–H and O–H groups in total. The zero-order valence-corrected chi connectivity index (χ0v) is 14.4. The van der Waals surface area contributed by atoms with E-state index in [4.69, 9.17) is 0 Å². The summed E-state index contributed by atoms with van der Waals surface area (Å²) in [6.45, 7) is 4.43. The van der Waals surface area contributed by atoms with E-state index in [2.05, 4.69) is 24.8 Å². The molecule has 1 fully saturated rings. The van der Waals surface area contributed by atoms with Crippen LogP contribution in [0.2, 0.25) is 0 Å². The highest BCUT2D eigenvalue weighted by Gasteiger charge is 2.49. The Balaban J connectivity index is 1.66. The summed E-state index contributed by atoms with van der Waals surface area (Å²) in [5.74, 6) is 8.22. The molecule has 4 rings (SSSR count). The average molecular weight is 306 g/mol. The third kappa shape index (κ3) is 2.26. The van der Waals surface area contributed by atoms with Gasteiger partial charge >= 0.3 is 0 Å². The highest BCUT2D eigenvalue weighted by atomic mass is 16.1. The van der Waals surface area contributed by atoms with Gasteiger partial charge < -0.3 is 0 Å². The zero-order valence-electron chi connectivity index (χ0n) is 14.4. The van der Waals surface area contributed by atoms with Gasteiger partial charge in [-0.25, -0.2) is 0 Å². The Morgan fingerprint density at radius 3 is 2.96 bits per heavy atom. The van der Waals surface area contributed by atoms with Gasteiger partial charge in [0.25, 0.3) is 0 Å². The molecule has 1 nitrogen and oxygen atoms in total. The van der Waals surface area contributed by atoms with Crippen LogP contribution in [0.1, 0.15) is 65.2 Å². The quantitative estimate of drug-likeness (QED) is 0.484. The molecular formula is C22H26O. The predicted octanol–water partition coefficient (Wildman–Crippen LogP) is 5.14. The first-order valence-electron chi connectivity index (χ1n) is 9.18. The summed E-state index contributed by atoms with van der Waals surface area (Å²) in [5.41, 5.74) is 6.63. The Kier molecular flexibility index (Phi) is 3.60. The number of hydrogen-bond acceptors (Lipinski definition) is 1. The summed E-state index contributed by atoms with van der Waals surface area (Å²) in [4.78, 5) is 11.7. The normalized spacial score (nSPS) is 35.5. The molecule has 0 aromatic rings. The van der Waals surface area contributed by atoms with E-state index in [-0.39, 0.29) is 0 Å². The van der Waals surface area contributed by atoms with E-state index in [1.165, 1.54) is 31.3 Å². The van der Waals surface area contributed by atoms with Crippen LogP contribution < -0.4 is 0 Å². The summed E-state index contributed by atoms with van der Waals surface area (Å²) < 4.78 is 0. The van der Waals surface area contributed by atoms with E-state index < -0.39 is 0 Å². The molecule has 0 heterocycles. The predicted molar refractivity (Wildman–Crippen MR) is 93.7 cm³/mol. The number of ketones is 1. The molecule has 0 bridgehead atoms. The number of carbonyl (C=O) groups is 1. The average Bonchev–Trinajstić information content (AvgIpc) is 2.89. The minimum absolute atomic E-state index is 0.339. The lowest BCUT2D eigenvalue weighted by Gasteiger charge is -2.48. The van der Waals surface area contributed by atoms with Crippen LogP contribution in [-0.4, -0.2) is 5.78 Å². The maximum absolute atomic E-state index is 11.7. The van der Waals surface area contributed by atoms with Crippen LogP contribution in [0.15, 0.2) is 34.4 Å². The monoisotopic (exact) mass is 306 g/mol. The van der Waals surface area contributed by atoms with Crippen molar-refractivity contribution in [1.82, 2.24) is 0 Å². The van der Waals surface area contributed by atoms with Gasteiger partial charge in [0.15, 0.2) is 5.78 Å². The maximum Gasteiger partial charge on any atom is 0.156 e. The molecule has 0 radical (unpaired) electrons. The lowest BCUT2D eigenvalue weighted by atomic mass is 9.56. The van der Waals surface area contributed by atoms with Crippen molar-refractivity contribution < 1.29 is 4.79 Å². The summed E-state index contributed by atoms with van der Waals surface area (Å²) in [6.07, 6.45) is 13.2. The van der Waals surface area contributed by atoms with E-state index in [0.29, 0.717) is 11.2 Å². The number of hydrogen-bond donors (Lipinski definition) is 0. The topological polar surface area (TPSA) is 17.1 Å². The van der Waals surface area contributed by atoms with Gasteiger partial charge in [0.2, 0.25) is 0 Å². The van der Waals surface area contributed by atoms with Gasteiger partial charge in [-0.15, -0.1) is 5.92 Å². The van der Waals surface area contributed by atoms with Crippen LogP contribution in [0.4, 0.5) is 0 Å². The lowest BCUT2D eigenvalue weighted by molar-refractivity contribution is -0.114. The summed E-state index contributed by atoms with van der Waals surface area (Å²) >= 11 is 0. The van der Waals surface area contributed by atoms with Crippen LogP contribution in [0.25, 0.3) is 0 Å². The number of rotatable bonds is 1. The second-order valence-corrected chi connectivity index (χ2v) is 7.88. The summed E-state index contributed by atoms with van der Waals surface area (Å²) in [7, 11) is 0. The molecular weight excluding hydrogens is 280 g/mol. The smallest absolute Gasteiger partial charge is 0.156 e. The minimum Gasteiger partial charge on any atom is -0.295 e. The Bertz CT molecular complexity index is 706. The van der Waals surface area contributed by atoms with Crippen molar-refractivity contribution in [1.29, 1.82) is 0 Å². The van der Waals surface area contributed by atoms with E-state index in [1.54, 1.807) is 16.7 Å². The van der Waals surface area contributed by atoms with E-state index >= 15 is 0 Å². The molecule has 0 unspecified atom stereocenters. The SMILES string of the molecule is CC#CCC1=CC[C@H]2[C@@H]3CCC4=CC(=O)CCC4=C3CC[C@]12C. The van der Waals surface area contributed by atoms with Crippen molar-refractivity contribution in [3.8, 4) is 11.8 Å². The van der Waals surface area contributed by atoms with Crippen LogP contribution in [0, 0.1) is 29.1 Å². The summed E-state index contributed by atoms with van der Waals surface area (Å²) in [5, 5.41) is 0. The van der Waals surface area contributed by atoms with Gasteiger partial charge in [-0.3, -0.25) is 4.79 Å². The van der Waals surface area contributed by atoms with Crippen molar-refractivity contribution in [2.75, 3.05) is 0 Å². The highest BCUT2D eigenvalue weighted by molar-refractivity contribution is 5.93. The van der Waals surface area contributed by atoms with Crippen LogP contribution in [0.5, 0.6) is 0 Å². The second kappa shape index (κ2) is 5.52. The fourth-order valence-electron chi connectivity index (χ4n) is 5.65. The molecule has 0 aliphatic heterocycles. The van der Waals surface area contributed by atoms with Gasteiger partial charge in [-0.1, -0.05) is 30.1 Å². The van der Waals surface area contributed by atoms with E-state index in [0.717, 1.165) is 37.5 Å². The van der Waals surface area contributed by atoms with Crippen molar-refractivity contribution in [3.63, 3.8) is 0 Å². The van der Waals surface area contributed by atoms with Crippen LogP contribution in [0.3, 0.4) is 0 Å². The third-order valence-electron chi connectivity index (χ3n) is 6.93. The lowest BCUT2D eigenvalue weighted by Crippen LogP contribution is -2.38. The molecule has 3 atom stereocenters. The van der Waals surface area contributed by atoms with Gasteiger partial charge in [-0.2, -0.15) is 0 Å². The fourth-order valence-corrected chi connectivity index (χ4v) is 5.65. The molecule has 0 aromatic heterocycles. The highest BCUT2D eigenvalue weighted by Crippen LogP contribution is 2.60. The van der Waals surface area contributed by atoms with E-state index in [9.17, 15) is 4.79 Å². The zero-order chi connectivity index (χ0) is 16.0. The number of allylic oxidation sites excluding steroid dienone is 6.